The largest absolute Gasteiger partial charge is 0.504 e. The zero-order valence-electron chi connectivity index (χ0n) is 14.8. The molecule has 0 aliphatic heterocycles. The van der Waals surface area contributed by atoms with Crippen molar-refractivity contribution in [2.45, 2.75) is 39.7 Å². The average molecular weight is 323 g/mol. The van der Waals surface area contributed by atoms with E-state index in [4.69, 9.17) is 9.47 Å². The van der Waals surface area contributed by atoms with Gasteiger partial charge in [-0.1, -0.05) is 27.2 Å². The summed E-state index contributed by atoms with van der Waals surface area (Å²) < 4.78 is 10.9. The molecule has 23 heavy (non-hydrogen) atoms. The van der Waals surface area contributed by atoms with Gasteiger partial charge in [0.15, 0.2) is 11.5 Å². The highest BCUT2D eigenvalue weighted by atomic mass is 16.5. The summed E-state index contributed by atoms with van der Waals surface area (Å²) in [6.45, 7) is 7.08. The number of benzene rings is 1. The molecule has 0 amide bonds. The van der Waals surface area contributed by atoms with Crippen molar-refractivity contribution >= 4 is 5.97 Å². The molecule has 5 heteroatoms. The molecule has 2 unspecified atom stereocenters. The number of hydrogen-bond acceptors (Lipinski definition) is 5. The normalized spacial score (nSPS) is 13.7. The molecule has 2 atom stereocenters. The Kier molecular flexibility index (Phi) is 7.89. The first-order valence-electron chi connectivity index (χ1n) is 8.20. The predicted molar refractivity (Wildman–Crippen MR) is 91.1 cm³/mol. The fourth-order valence-corrected chi connectivity index (χ4v) is 2.31. The number of phenols is 1. The Morgan fingerprint density at radius 1 is 1.30 bits per heavy atom. The Morgan fingerprint density at radius 3 is 2.57 bits per heavy atom. The molecule has 0 heterocycles. The third kappa shape index (κ3) is 5.75. The summed E-state index contributed by atoms with van der Waals surface area (Å²) in [6, 6.07) is 4.71. The summed E-state index contributed by atoms with van der Waals surface area (Å²) in [5.74, 6) is 0.371. The molecule has 0 saturated heterocycles. The van der Waals surface area contributed by atoms with E-state index in [1.54, 1.807) is 6.07 Å². The van der Waals surface area contributed by atoms with Crippen LogP contribution in [0.3, 0.4) is 0 Å². The highest BCUT2D eigenvalue weighted by Crippen LogP contribution is 2.27. The van der Waals surface area contributed by atoms with Gasteiger partial charge in [0, 0.05) is 6.04 Å². The molecule has 0 saturated carbocycles. The van der Waals surface area contributed by atoms with Crippen molar-refractivity contribution < 1.29 is 19.4 Å². The molecule has 0 fully saturated rings. The fourth-order valence-electron chi connectivity index (χ4n) is 2.31. The van der Waals surface area contributed by atoms with E-state index in [1.807, 2.05) is 21.0 Å². The van der Waals surface area contributed by atoms with Crippen LogP contribution in [0.1, 0.15) is 44.0 Å². The van der Waals surface area contributed by atoms with Crippen LogP contribution in [0.5, 0.6) is 11.5 Å². The number of aromatic hydroxyl groups is 1. The molecule has 130 valence electrons. The second-order valence-electron chi connectivity index (χ2n) is 6.05. The number of ether oxygens (including phenoxy) is 2. The van der Waals surface area contributed by atoms with E-state index in [-0.39, 0.29) is 11.8 Å². The number of carbonyl (C=O) groups is 1. The Hall–Kier alpha value is -1.75. The molecular formula is C18H29NO4. The number of esters is 1. The monoisotopic (exact) mass is 323 g/mol. The number of likely N-dealkylation sites (N-methyl/N-ethyl adjacent to an activating group) is 1. The van der Waals surface area contributed by atoms with Crippen molar-refractivity contribution in [1.82, 2.24) is 4.90 Å². The molecule has 0 bridgehead atoms. The minimum atomic E-state index is -0.401. The summed E-state index contributed by atoms with van der Waals surface area (Å²) in [6.07, 6.45) is 1.85. The molecule has 0 aliphatic carbocycles. The van der Waals surface area contributed by atoms with Crippen LogP contribution in [-0.4, -0.2) is 49.3 Å². The highest BCUT2D eigenvalue weighted by molar-refractivity contribution is 5.90. The summed E-state index contributed by atoms with van der Waals surface area (Å²) in [4.78, 5) is 14.3. The van der Waals surface area contributed by atoms with Gasteiger partial charge >= 0.3 is 5.97 Å². The topological polar surface area (TPSA) is 59.0 Å². The van der Waals surface area contributed by atoms with Gasteiger partial charge < -0.3 is 19.5 Å². The first kappa shape index (κ1) is 19.3. The molecule has 0 aromatic heterocycles. The van der Waals surface area contributed by atoms with Crippen molar-refractivity contribution in [3.63, 3.8) is 0 Å². The maximum absolute atomic E-state index is 12.2. The highest BCUT2D eigenvalue weighted by Gasteiger charge is 2.21. The molecule has 1 aromatic rings. The van der Waals surface area contributed by atoms with Crippen LogP contribution in [-0.2, 0) is 4.74 Å². The lowest BCUT2D eigenvalue weighted by atomic mass is 9.99. The Balaban J connectivity index is 2.73. The second kappa shape index (κ2) is 9.40. The lowest BCUT2D eigenvalue weighted by Crippen LogP contribution is -2.38. The first-order valence-corrected chi connectivity index (χ1v) is 8.20. The summed E-state index contributed by atoms with van der Waals surface area (Å²) in [5.41, 5.74) is 0.385. The quantitative estimate of drug-likeness (QED) is 0.707. The number of nitrogens with zero attached hydrogens (tertiary/aromatic N) is 1. The molecule has 0 aliphatic rings. The van der Waals surface area contributed by atoms with Crippen molar-refractivity contribution in [3.05, 3.63) is 23.8 Å². The lowest BCUT2D eigenvalue weighted by Gasteiger charge is -2.29. The van der Waals surface area contributed by atoms with E-state index in [2.05, 4.69) is 18.7 Å². The molecule has 5 nitrogen and oxygen atoms in total. The minimum absolute atomic E-state index is 0.0285. The van der Waals surface area contributed by atoms with Crippen LogP contribution in [0.25, 0.3) is 0 Å². The third-order valence-corrected chi connectivity index (χ3v) is 4.01. The van der Waals surface area contributed by atoms with E-state index in [9.17, 15) is 9.90 Å². The van der Waals surface area contributed by atoms with Gasteiger partial charge in [-0.25, -0.2) is 4.79 Å². The third-order valence-electron chi connectivity index (χ3n) is 4.01. The van der Waals surface area contributed by atoms with E-state index >= 15 is 0 Å². The van der Waals surface area contributed by atoms with Crippen molar-refractivity contribution in [2.75, 3.05) is 27.3 Å². The van der Waals surface area contributed by atoms with Gasteiger partial charge in [-0.3, -0.25) is 0 Å². The second-order valence-corrected chi connectivity index (χ2v) is 6.05. The van der Waals surface area contributed by atoms with Gasteiger partial charge in [0.05, 0.1) is 12.2 Å². The maximum atomic E-state index is 12.2. The molecular weight excluding hydrogens is 294 g/mol. The zero-order chi connectivity index (χ0) is 17.4. The molecule has 0 radical (unpaired) electrons. The van der Waals surface area contributed by atoms with Gasteiger partial charge in [-0.2, -0.15) is 0 Å². The number of carbonyl (C=O) groups excluding carboxylic acids is 1. The van der Waals surface area contributed by atoms with Crippen LogP contribution in [0, 0.1) is 5.92 Å². The number of hydrogen-bond donors (Lipinski definition) is 1. The van der Waals surface area contributed by atoms with E-state index in [0.717, 1.165) is 12.8 Å². The van der Waals surface area contributed by atoms with E-state index in [0.29, 0.717) is 30.4 Å². The standard InChI is InChI=1S/C18H29NO4/c1-6-10-22-17-11-14(8-9-16(17)20)18(21)23-12-15(19(4)5)13(3)7-2/h8-9,11,13,15,20H,6-7,10,12H2,1-5H3. The smallest absolute Gasteiger partial charge is 0.338 e. The van der Waals surface area contributed by atoms with Gasteiger partial charge in [0.25, 0.3) is 0 Å². The van der Waals surface area contributed by atoms with Crippen LogP contribution >= 0.6 is 0 Å². The minimum Gasteiger partial charge on any atom is -0.504 e. The number of rotatable bonds is 9. The summed E-state index contributed by atoms with van der Waals surface area (Å²) in [7, 11) is 3.98. The SMILES string of the molecule is CCCOc1cc(C(=O)OCC(C(C)CC)N(C)C)ccc1O. The van der Waals surface area contributed by atoms with Gasteiger partial charge in [-0.05, 0) is 44.6 Å². The Bertz CT molecular complexity index is 502. The van der Waals surface area contributed by atoms with Crippen molar-refractivity contribution in [1.29, 1.82) is 0 Å². The van der Waals surface area contributed by atoms with E-state index in [1.165, 1.54) is 12.1 Å². The Morgan fingerprint density at radius 2 is 2.00 bits per heavy atom. The van der Waals surface area contributed by atoms with E-state index < -0.39 is 5.97 Å². The molecule has 0 spiro atoms. The molecule has 1 aromatic carbocycles. The van der Waals surface area contributed by atoms with Crippen LogP contribution in [0.15, 0.2) is 18.2 Å². The summed E-state index contributed by atoms with van der Waals surface area (Å²) >= 11 is 0. The van der Waals surface area contributed by atoms with Crippen molar-refractivity contribution in [2.24, 2.45) is 5.92 Å². The van der Waals surface area contributed by atoms with Gasteiger partial charge in [-0.15, -0.1) is 0 Å². The summed E-state index contributed by atoms with van der Waals surface area (Å²) in [5, 5.41) is 9.76. The molecule has 1 N–H and O–H groups in total. The molecule has 1 rings (SSSR count). The lowest BCUT2D eigenvalue weighted by molar-refractivity contribution is 0.0336. The predicted octanol–water partition coefficient (Wildman–Crippen LogP) is 3.31. The van der Waals surface area contributed by atoms with Crippen LogP contribution < -0.4 is 4.74 Å². The first-order chi connectivity index (χ1) is 10.9. The van der Waals surface area contributed by atoms with Crippen LogP contribution in [0.2, 0.25) is 0 Å². The number of phenolic OH excluding ortho intramolecular Hbond substituents is 1. The maximum Gasteiger partial charge on any atom is 0.338 e. The zero-order valence-corrected chi connectivity index (χ0v) is 14.8. The van der Waals surface area contributed by atoms with Crippen LogP contribution in [0.4, 0.5) is 0 Å². The van der Waals surface area contributed by atoms with Crippen molar-refractivity contribution in [3.8, 4) is 11.5 Å². The van der Waals surface area contributed by atoms with Gasteiger partial charge in [0.1, 0.15) is 6.61 Å². The fraction of sp³-hybridized carbons (Fsp3) is 0.611. The van der Waals surface area contributed by atoms with Gasteiger partial charge in [0.2, 0.25) is 0 Å². The Labute approximate surface area is 139 Å². The average Bonchev–Trinajstić information content (AvgIpc) is 2.53.